The normalized spacial score (nSPS) is 21.7. The maximum atomic E-state index is 13.6. The molecule has 3 aliphatic heterocycles. The van der Waals surface area contributed by atoms with Crippen LogP contribution in [0, 0.1) is 5.92 Å². The largest absolute Gasteiger partial charge is 0.385 e. The number of ketones is 2. The van der Waals surface area contributed by atoms with Gasteiger partial charge in [0.25, 0.3) is 5.91 Å². The number of alkyl halides is 1. The molecule has 65 heavy (non-hydrogen) atoms. The van der Waals surface area contributed by atoms with Crippen LogP contribution in [0.25, 0.3) is 27.8 Å². The Morgan fingerprint density at radius 2 is 1.58 bits per heavy atom. The second-order valence-electron chi connectivity index (χ2n) is 18.5. The van der Waals surface area contributed by atoms with Crippen molar-refractivity contribution in [2.75, 3.05) is 79.4 Å². The summed E-state index contributed by atoms with van der Waals surface area (Å²) in [6.45, 7) is 7.93. The van der Waals surface area contributed by atoms with Crippen LogP contribution in [0.5, 0.6) is 0 Å². The predicted molar refractivity (Wildman–Crippen MR) is 250 cm³/mol. The summed E-state index contributed by atoms with van der Waals surface area (Å²) in [6, 6.07) is 22.2. The van der Waals surface area contributed by atoms with Crippen molar-refractivity contribution in [1.29, 1.82) is 0 Å². The molecule has 6 heterocycles. The SMILES string of the molecule is CNc1cc(N2CCc3c(N4CCN(CC5CCN(c6ccc(-c7ccc8c(c7)n(C)c(=O)n8C7CCC(=O)CC7=O)cc6)CC5)CC4)cccc32)nn2c(C(=O)N[C@@H]3C[C@@H]3F)cnc12. The van der Waals surface area contributed by atoms with Gasteiger partial charge in [0.05, 0.1) is 41.4 Å². The van der Waals surface area contributed by atoms with Gasteiger partial charge in [-0.3, -0.25) is 28.4 Å². The Morgan fingerprint density at radius 1 is 0.831 bits per heavy atom. The average Bonchev–Trinajstić information content (AvgIpc) is 3.60. The van der Waals surface area contributed by atoms with Gasteiger partial charge in [0.2, 0.25) is 0 Å². The van der Waals surface area contributed by atoms with E-state index in [4.69, 9.17) is 5.10 Å². The number of piperazine rings is 1. The zero-order valence-electron chi connectivity index (χ0n) is 36.9. The van der Waals surface area contributed by atoms with Gasteiger partial charge in [-0.2, -0.15) is 0 Å². The minimum absolute atomic E-state index is 0.0537. The van der Waals surface area contributed by atoms with Gasteiger partial charge in [-0.25, -0.2) is 18.7 Å². The van der Waals surface area contributed by atoms with Crippen LogP contribution >= 0.6 is 0 Å². The third-order valence-corrected chi connectivity index (χ3v) is 14.5. The zero-order chi connectivity index (χ0) is 44.5. The maximum absolute atomic E-state index is 13.6. The van der Waals surface area contributed by atoms with Crippen LogP contribution in [-0.4, -0.2) is 118 Å². The number of nitrogens with one attached hydrogen (secondary N) is 2. The van der Waals surface area contributed by atoms with Gasteiger partial charge < -0.3 is 25.3 Å². The van der Waals surface area contributed by atoms with Crippen molar-refractivity contribution in [2.45, 2.75) is 63.2 Å². The van der Waals surface area contributed by atoms with Gasteiger partial charge in [-0.05, 0) is 79.1 Å². The third-order valence-electron chi connectivity index (χ3n) is 14.5. The van der Waals surface area contributed by atoms with E-state index < -0.39 is 18.3 Å². The van der Waals surface area contributed by atoms with Crippen molar-refractivity contribution >= 4 is 62.7 Å². The van der Waals surface area contributed by atoms with Gasteiger partial charge in [0, 0.05) is 108 Å². The molecule has 0 spiro atoms. The molecule has 0 radical (unpaired) electrons. The quantitative estimate of drug-likeness (QED) is 0.168. The molecule has 336 valence electrons. The molecule has 3 aromatic heterocycles. The molecule has 2 saturated heterocycles. The van der Waals surface area contributed by atoms with Crippen LogP contribution in [0.15, 0.2) is 77.7 Å². The molecule has 2 N–H and O–H groups in total. The lowest BCUT2D eigenvalue weighted by Gasteiger charge is -2.40. The molecule has 11 rings (SSSR count). The molecule has 2 saturated carbocycles. The first-order chi connectivity index (χ1) is 31.6. The summed E-state index contributed by atoms with van der Waals surface area (Å²) < 4.78 is 18.4. The molecule has 16 heteroatoms. The first-order valence-corrected chi connectivity index (χ1v) is 23.1. The number of anilines is 5. The first-order valence-electron chi connectivity index (χ1n) is 23.1. The minimum atomic E-state index is -0.994. The van der Waals surface area contributed by atoms with Gasteiger partial charge >= 0.3 is 5.69 Å². The number of fused-ring (bicyclic) bond motifs is 3. The molecule has 4 fully saturated rings. The Bertz CT molecular complexity index is 2910. The molecule has 6 aromatic rings. The van der Waals surface area contributed by atoms with Gasteiger partial charge in [0.1, 0.15) is 12.0 Å². The van der Waals surface area contributed by atoms with E-state index in [2.05, 4.69) is 77.7 Å². The molecular formula is C49H54FN11O4. The molecule has 2 aliphatic carbocycles. The smallest absolute Gasteiger partial charge is 0.329 e. The highest BCUT2D eigenvalue weighted by atomic mass is 19.1. The molecular weight excluding hydrogens is 826 g/mol. The number of piperidine rings is 1. The number of aryl methyl sites for hydroxylation is 1. The highest BCUT2D eigenvalue weighted by Gasteiger charge is 2.39. The number of aromatic nitrogens is 5. The zero-order valence-corrected chi connectivity index (χ0v) is 36.9. The Hall–Kier alpha value is -6.55. The number of rotatable bonds is 10. The Kier molecular flexibility index (Phi) is 10.4. The fraction of sp³-hybridized carbons (Fsp3) is 0.429. The summed E-state index contributed by atoms with van der Waals surface area (Å²) in [5, 5.41) is 10.9. The van der Waals surface area contributed by atoms with Crippen molar-refractivity contribution in [1.82, 2.24) is 33.9 Å². The molecule has 3 atom stereocenters. The van der Waals surface area contributed by atoms with Crippen LogP contribution in [0.4, 0.5) is 33.0 Å². The summed E-state index contributed by atoms with van der Waals surface area (Å²) in [7, 11) is 3.57. The average molecular weight is 880 g/mol. The van der Waals surface area contributed by atoms with E-state index in [9.17, 15) is 23.6 Å². The fourth-order valence-corrected chi connectivity index (χ4v) is 10.7. The molecule has 3 aromatic carbocycles. The summed E-state index contributed by atoms with van der Waals surface area (Å²) in [5.41, 5.74) is 9.88. The highest BCUT2D eigenvalue weighted by molar-refractivity contribution is 6.03. The number of benzene rings is 3. The van der Waals surface area contributed by atoms with E-state index in [1.807, 2.05) is 31.3 Å². The Labute approximate surface area is 375 Å². The monoisotopic (exact) mass is 879 g/mol. The third kappa shape index (κ3) is 7.50. The summed E-state index contributed by atoms with van der Waals surface area (Å²) >= 11 is 0. The Morgan fingerprint density at radius 3 is 2.32 bits per heavy atom. The summed E-state index contributed by atoms with van der Waals surface area (Å²) in [4.78, 5) is 65.3. The number of carbonyl (C=O) groups excluding carboxylic acids is 3. The van der Waals surface area contributed by atoms with Crippen molar-refractivity contribution in [3.05, 3.63) is 94.7 Å². The molecule has 0 bridgehead atoms. The van der Waals surface area contributed by atoms with Crippen LogP contribution in [0.1, 0.15) is 60.6 Å². The van der Waals surface area contributed by atoms with Gasteiger partial charge in [-0.15, -0.1) is 5.10 Å². The highest BCUT2D eigenvalue weighted by Crippen LogP contribution is 2.41. The van der Waals surface area contributed by atoms with Crippen LogP contribution < -0.4 is 31.0 Å². The van der Waals surface area contributed by atoms with E-state index >= 15 is 0 Å². The lowest BCUT2D eigenvalue weighted by molar-refractivity contribution is -0.132. The van der Waals surface area contributed by atoms with E-state index in [1.54, 1.807) is 20.7 Å². The van der Waals surface area contributed by atoms with E-state index in [-0.39, 0.29) is 35.3 Å². The first kappa shape index (κ1) is 41.2. The van der Waals surface area contributed by atoms with Crippen LogP contribution in [0.2, 0.25) is 0 Å². The minimum Gasteiger partial charge on any atom is -0.385 e. The number of halogens is 1. The second kappa shape index (κ2) is 16.5. The van der Waals surface area contributed by atoms with Crippen molar-refractivity contribution in [2.24, 2.45) is 13.0 Å². The second-order valence-corrected chi connectivity index (χ2v) is 18.5. The standard InChI is InChI=1S/C49H54FN11O4/c1-51-38-27-46(54-61-44(28-52-47(38)61)48(64)53-37-26-36(37)50)59-19-16-35-39(4-3-5-40(35)59)58-22-20-56(21-23-58)29-30-14-17-57(18-15-30)33-9-6-31(7-10-33)32-8-12-41-43(24-32)55(2)49(65)60(41)42-13-11-34(62)25-45(42)63/h3-10,12,24,27-28,30,36-37,42,51H,11,13-23,25-26,29H2,1-2H3,(H,53,64)/t36-,37+,42?/m0/s1. The molecule has 1 amide bonds. The number of carbonyl (C=O) groups is 3. The number of Topliss-reactive ketones (excluding diaryl/α,β-unsaturated/α-hetero) is 2. The fourth-order valence-electron chi connectivity index (χ4n) is 10.7. The van der Waals surface area contributed by atoms with Gasteiger partial charge in [-0.1, -0.05) is 24.3 Å². The van der Waals surface area contributed by atoms with Crippen molar-refractivity contribution < 1.29 is 18.8 Å². The van der Waals surface area contributed by atoms with Gasteiger partial charge in [0.15, 0.2) is 22.9 Å². The summed E-state index contributed by atoms with van der Waals surface area (Å²) in [5.74, 6) is 0.768. The topological polar surface area (TPSA) is 145 Å². The number of imidazole rings is 2. The summed E-state index contributed by atoms with van der Waals surface area (Å²) in [6.07, 6.45) is 4.64. The lowest BCUT2D eigenvalue weighted by atomic mass is 9.92. The maximum Gasteiger partial charge on any atom is 0.329 e. The van der Waals surface area contributed by atoms with E-state index in [0.717, 1.165) is 111 Å². The predicted octanol–water partition coefficient (Wildman–Crippen LogP) is 5.53. The van der Waals surface area contributed by atoms with Crippen molar-refractivity contribution in [3.63, 3.8) is 0 Å². The molecule has 5 aliphatic rings. The van der Waals surface area contributed by atoms with Crippen LogP contribution in [-0.2, 0) is 23.1 Å². The lowest BCUT2D eigenvalue weighted by Crippen LogP contribution is -2.49. The van der Waals surface area contributed by atoms with Crippen LogP contribution in [0.3, 0.4) is 0 Å². The number of hydrogen-bond acceptors (Lipinski definition) is 11. The Balaban J connectivity index is 0.696. The van der Waals surface area contributed by atoms with E-state index in [1.165, 1.54) is 23.1 Å². The molecule has 15 nitrogen and oxygen atoms in total. The number of nitrogens with zero attached hydrogens (tertiary/aromatic N) is 9. The molecule has 1 unspecified atom stereocenters. The van der Waals surface area contributed by atoms with E-state index in [0.29, 0.717) is 30.8 Å². The number of amides is 1. The van der Waals surface area contributed by atoms with Crippen molar-refractivity contribution in [3.8, 4) is 11.1 Å². The number of hydrogen-bond donors (Lipinski definition) is 2.